The summed E-state index contributed by atoms with van der Waals surface area (Å²) in [6.07, 6.45) is 5.34. The normalized spacial score (nSPS) is 23.6. The molecule has 98 valence electrons. The van der Waals surface area contributed by atoms with Gasteiger partial charge in [-0.25, -0.2) is 4.39 Å². The van der Waals surface area contributed by atoms with Crippen LogP contribution in [0.4, 0.5) is 4.39 Å². The Labute approximate surface area is 108 Å². The van der Waals surface area contributed by atoms with Crippen LogP contribution in [-0.2, 0) is 6.54 Å². The largest absolute Gasteiger partial charge is 0.309 e. The third kappa shape index (κ3) is 2.57. The molecule has 3 rings (SSSR count). The fraction of sp³-hybridized carbons (Fsp3) is 0.600. The third-order valence-electron chi connectivity index (χ3n) is 4.33. The van der Waals surface area contributed by atoms with Crippen LogP contribution in [0.5, 0.6) is 0 Å². The van der Waals surface area contributed by atoms with E-state index in [1.54, 1.807) is 12.1 Å². The van der Waals surface area contributed by atoms with Gasteiger partial charge in [0.05, 0.1) is 0 Å². The second-order valence-electron chi connectivity index (χ2n) is 5.75. The molecule has 0 unspecified atom stereocenters. The highest BCUT2D eigenvalue weighted by Crippen LogP contribution is 2.32. The van der Waals surface area contributed by atoms with Crippen molar-refractivity contribution in [2.24, 2.45) is 0 Å². The molecule has 1 saturated heterocycles. The number of hydrogen-bond donors (Lipinski definition) is 1. The highest BCUT2D eigenvalue weighted by Gasteiger charge is 2.37. The monoisotopic (exact) mass is 248 g/mol. The first-order valence-electron chi connectivity index (χ1n) is 6.98. The van der Waals surface area contributed by atoms with E-state index in [1.807, 2.05) is 12.1 Å². The summed E-state index contributed by atoms with van der Waals surface area (Å²) in [5, 5.41) is 3.72. The first-order chi connectivity index (χ1) is 8.76. The Hall–Kier alpha value is -0.930. The van der Waals surface area contributed by atoms with E-state index in [1.165, 1.54) is 31.2 Å². The van der Waals surface area contributed by atoms with Crippen molar-refractivity contribution in [1.82, 2.24) is 10.2 Å². The molecule has 1 aliphatic heterocycles. The van der Waals surface area contributed by atoms with Gasteiger partial charge in [0.2, 0.25) is 0 Å². The second kappa shape index (κ2) is 4.98. The van der Waals surface area contributed by atoms with Gasteiger partial charge in [0, 0.05) is 31.7 Å². The van der Waals surface area contributed by atoms with Crippen molar-refractivity contribution in [1.29, 1.82) is 0 Å². The summed E-state index contributed by atoms with van der Waals surface area (Å²) in [5.74, 6) is -0.147. The molecule has 1 aliphatic carbocycles. The predicted octanol–water partition coefficient (Wildman–Crippen LogP) is 2.54. The first-order valence-corrected chi connectivity index (χ1v) is 6.98. The molecular formula is C15H21FN2. The number of rotatable bonds is 2. The van der Waals surface area contributed by atoms with Gasteiger partial charge in [-0.15, -0.1) is 0 Å². The Morgan fingerprint density at radius 2 is 1.89 bits per heavy atom. The molecule has 2 aliphatic rings. The maximum Gasteiger partial charge on any atom is 0.123 e. The number of hydrogen-bond acceptors (Lipinski definition) is 2. The van der Waals surface area contributed by atoms with Gasteiger partial charge < -0.3 is 5.32 Å². The number of piperazine rings is 1. The maximum atomic E-state index is 12.9. The van der Waals surface area contributed by atoms with Crippen molar-refractivity contribution in [2.75, 3.05) is 19.6 Å². The lowest BCUT2D eigenvalue weighted by molar-refractivity contribution is 0.129. The quantitative estimate of drug-likeness (QED) is 0.865. The molecule has 0 amide bonds. The van der Waals surface area contributed by atoms with Crippen LogP contribution in [0.25, 0.3) is 0 Å². The van der Waals surface area contributed by atoms with Gasteiger partial charge in [0.25, 0.3) is 0 Å². The van der Waals surface area contributed by atoms with Crippen molar-refractivity contribution in [3.05, 3.63) is 35.6 Å². The summed E-state index contributed by atoms with van der Waals surface area (Å²) in [6, 6.07) is 6.92. The van der Waals surface area contributed by atoms with Crippen LogP contribution in [0.1, 0.15) is 31.2 Å². The van der Waals surface area contributed by atoms with E-state index in [-0.39, 0.29) is 5.82 Å². The molecule has 1 aromatic rings. The van der Waals surface area contributed by atoms with Crippen LogP contribution in [0.3, 0.4) is 0 Å². The molecule has 2 fully saturated rings. The molecule has 1 aromatic carbocycles. The molecule has 0 bridgehead atoms. The van der Waals surface area contributed by atoms with Crippen LogP contribution in [0.2, 0.25) is 0 Å². The Morgan fingerprint density at radius 3 is 2.61 bits per heavy atom. The van der Waals surface area contributed by atoms with E-state index in [0.717, 1.165) is 26.2 Å². The van der Waals surface area contributed by atoms with Gasteiger partial charge in [0.1, 0.15) is 5.82 Å². The average Bonchev–Trinajstić information content (AvgIpc) is 2.80. The lowest BCUT2D eigenvalue weighted by atomic mass is 9.94. The molecule has 1 spiro atoms. The molecule has 0 radical (unpaired) electrons. The maximum absolute atomic E-state index is 12.9. The molecule has 1 heterocycles. The van der Waals surface area contributed by atoms with Crippen LogP contribution in [0, 0.1) is 5.82 Å². The molecular weight excluding hydrogens is 227 g/mol. The lowest BCUT2D eigenvalue weighted by Crippen LogP contribution is -2.58. The van der Waals surface area contributed by atoms with Gasteiger partial charge in [-0.05, 0) is 30.5 Å². The third-order valence-corrected chi connectivity index (χ3v) is 4.33. The summed E-state index contributed by atoms with van der Waals surface area (Å²) in [7, 11) is 0. The van der Waals surface area contributed by atoms with Gasteiger partial charge in [-0.3, -0.25) is 4.90 Å². The van der Waals surface area contributed by atoms with Crippen molar-refractivity contribution in [2.45, 2.75) is 37.8 Å². The second-order valence-corrected chi connectivity index (χ2v) is 5.75. The van der Waals surface area contributed by atoms with Crippen molar-refractivity contribution in [3.8, 4) is 0 Å². The lowest BCUT2D eigenvalue weighted by Gasteiger charge is -2.41. The Kier molecular flexibility index (Phi) is 3.35. The van der Waals surface area contributed by atoms with Crippen LogP contribution < -0.4 is 5.32 Å². The smallest absolute Gasteiger partial charge is 0.123 e. The molecule has 1 N–H and O–H groups in total. The summed E-state index contributed by atoms with van der Waals surface area (Å²) in [5.41, 5.74) is 1.59. The van der Waals surface area contributed by atoms with E-state index in [4.69, 9.17) is 0 Å². The SMILES string of the molecule is Fc1ccc(CN2CCNC3(CCCC3)C2)cc1. The fourth-order valence-corrected chi connectivity index (χ4v) is 3.41. The van der Waals surface area contributed by atoms with Gasteiger partial charge in [0.15, 0.2) is 0 Å². The molecule has 1 saturated carbocycles. The fourth-order valence-electron chi connectivity index (χ4n) is 3.41. The molecule has 18 heavy (non-hydrogen) atoms. The van der Waals surface area contributed by atoms with Crippen molar-refractivity contribution < 1.29 is 4.39 Å². The number of benzene rings is 1. The van der Waals surface area contributed by atoms with Gasteiger partial charge in [-0.1, -0.05) is 25.0 Å². The molecule has 3 heteroatoms. The Balaban J connectivity index is 1.64. The average molecular weight is 248 g/mol. The van der Waals surface area contributed by atoms with Crippen LogP contribution in [0.15, 0.2) is 24.3 Å². The summed E-state index contributed by atoms with van der Waals surface area (Å²) >= 11 is 0. The van der Waals surface area contributed by atoms with E-state index in [2.05, 4.69) is 10.2 Å². The minimum atomic E-state index is -0.147. The summed E-state index contributed by atoms with van der Waals surface area (Å²) in [6.45, 7) is 4.27. The highest BCUT2D eigenvalue weighted by molar-refractivity contribution is 5.16. The highest BCUT2D eigenvalue weighted by atomic mass is 19.1. The van der Waals surface area contributed by atoms with E-state index in [0.29, 0.717) is 5.54 Å². The minimum absolute atomic E-state index is 0.147. The zero-order valence-electron chi connectivity index (χ0n) is 10.8. The van der Waals surface area contributed by atoms with Crippen molar-refractivity contribution >= 4 is 0 Å². The Morgan fingerprint density at radius 1 is 1.17 bits per heavy atom. The Bertz CT molecular complexity index is 395. The van der Waals surface area contributed by atoms with Crippen LogP contribution >= 0.6 is 0 Å². The zero-order valence-corrected chi connectivity index (χ0v) is 10.8. The molecule has 0 aromatic heterocycles. The molecule has 0 atom stereocenters. The van der Waals surface area contributed by atoms with Gasteiger partial charge in [-0.2, -0.15) is 0 Å². The van der Waals surface area contributed by atoms with E-state index < -0.39 is 0 Å². The predicted molar refractivity (Wildman–Crippen MR) is 70.9 cm³/mol. The number of nitrogens with zero attached hydrogens (tertiary/aromatic N) is 1. The number of nitrogens with one attached hydrogen (secondary N) is 1. The van der Waals surface area contributed by atoms with E-state index >= 15 is 0 Å². The zero-order chi connectivity index (χ0) is 12.4. The first kappa shape index (κ1) is 12.1. The van der Waals surface area contributed by atoms with Crippen LogP contribution in [-0.4, -0.2) is 30.1 Å². The number of halogens is 1. The van der Waals surface area contributed by atoms with Crippen molar-refractivity contribution in [3.63, 3.8) is 0 Å². The topological polar surface area (TPSA) is 15.3 Å². The minimum Gasteiger partial charge on any atom is -0.309 e. The van der Waals surface area contributed by atoms with Gasteiger partial charge >= 0.3 is 0 Å². The molecule has 2 nitrogen and oxygen atoms in total. The standard InChI is InChI=1S/C15H21FN2/c16-14-5-3-13(4-6-14)11-18-10-9-17-15(12-18)7-1-2-8-15/h3-6,17H,1-2,7-12H2. The summed E-state index contributed by atoms with van der Waals surface area (Å²) in [4.78, 5) is 2.51. The summed E-state index contributed by atoms with van der Waals surface area (Å²) < 4.78 is 12.9. The van der Waals surface area contributed by atoms with E-state index in [9.17, 15) is 4.39 Å².